The molecule has 0 saturated heterocycles. The third-order valence-corrected chi connectivity index (χ3v) is 4.79. The number of amides is 2. The van der Waals surface area contributed by atoms with Gasteiger partial charge in [0, 0.05) is 0 Å². The number of fused-ring (bicyclic) bond motifs is 1. The molecular weight excluding hydrogens is 360 g/mol. The Labute approximate surface area is 129 Å². The van der Waals surface area contributed by atoms with Crippen LogP contribution in [0.3, 0.4) is 0 Å². The third kappa shape index (κ3) is 2.59. The minimum atomic E-state index is -3.89. The van der Waals surface area contributed by atoms with E-state index in [1.807, 2.05) is 10.8 Å². The zero-order valence-corrected chi connectivity index (χ0v) is 12.9. The third-order valence-electron chi connectivity index (χ3n) is 2.79. The molecule has 0 bridgehead atoms. The molecule has 2 aromatic carbocycles. The van der Waals surface area contributed by atoms with Crippen LogP contribution in [-0.4, -0.2) is 14.4 Å². The number of ether oxygens (including phenoxy) is 1. The Morgan fingerprint density at radius 2 is 1.76 bits per heavy atom. The van der Waals surface area contributed by atoms with Gasteiger partial charge < -0.3 is 10.1 Å². The lowest BCUT2D eigenvalue weighted by Gasteiger charge is -2.21. The largest absolute Gasteiger partial charge is 0.454 e. The summed E-state index contributed by atoms with van der Waals surface area (Å²) in [5.74, 6) is 0.758. The topological polar surface area (TPSA) is 84.5 Å². The van der Waals surface area contributed by atoms with Crippen molar-refractivity contribution in [2.24, 2.45) is 0 Å². The molecule has 2 aromatic rings. The van der Waals surface area contributed by atoms with E-state index < -0.39 is 16.1 Å². The quantitative estimate of drug-likeness (QED) is 0.852. The lowest BCUT2D eigenvalue weighted by molar-refractivity contribution is 0.256. The number of hydrogen-bond donors (Lipinski definition) is 2. The summed E-state index contributed by atoms with van der Waals surface area (Å²) in [5.41, 5.74) is 0.108. The van der Waals surface area contributed by atoms with E-state index in [1.165, 1.54) is 6.07 Å². The van der Waals surface area contributed by atoms with Crippen LogP contribution in [0, 0.1) is 0 Å². The molecule has 1 aliphatic heterocycles. The smallest absolute Gasteiger partial charge is 0.333 e. The molecule has 0 aliphatic carbocycles. The van der Waals surface area contributed by atoms with Crippen LogP contribution in [0.5, 0.6) is 11.5 Å². The maximum absolute atomic E-state index is 12.0. The van der Waals surface area contributed by atoms with Crippen LogP contribution in [-0.2, 0) is 10.0 Å². The van der Waals surface area contributed by atoms with Crippen LogP contribution in [0.2, 0.25) is 0 Å². The van der Waals surface area contributed by atoms with Crippen molar-refractivity contribution in [3.63, 3.8) is 0 Å². The van der Waals surface area contributed by atoms with Crippen molar-refractivity contribution in [2.75, 3.05) is 5.32 Å². The number of nitrogens with one attached hydrogen (secondary N) is 2. The molecule has 6 nitrogen and oxygen atoms in total. The van der Waals surface area contributed by atoms with E-state index in [2.05, 4.69) is 21.2 Å². The first kappa shape index (κ1) is 13.9. The fourth-order valence-corrected chi connectivity index (χ4v) is 3.38. The van der Waals surface area contributed by atoms with Gasteiger partial charge in [0.15, 0.2) is 5.75 Å². The summed E-state index contributed by atoms with van der Waals surface area (Å²) in [6, 6.07) is 11.0. The van der Waals surface area contributed by atoms with Gasteiger partial charge in [-0.2, -0.15) is 0 Å². The molecule has 0 fully saturated rings. The van der Waals surface area contributed by atoms with Gasteiger partial charge in [-0.15, -0.1) is 0 Å². The monoisotopic (exact) mass is 368 g/mol. The van der Waals surface area contributed by atoms with Crippen LogP contribution in [0.15, 0.2) is 51.8 Å². The van der Waals surface area contributed by atoms with Gasteiger partial charge >= 0.3 is 6.03 Å². The highest BCUT2D eigenvalue weighted by molar-refractivity contribution is 9.10. The van der Waals surface area contributed by atoms with Gasteiger partial charge in [-0.1, -0.05) is 18.2 Å². The van der Waals surface area contributed by atoms with E-state index in [1.54, 1.807) is 30.3 Å². The molecule has 0 atom stereocenters. The van der Waals surface area contributed by atoms with E-state index in [-0.39, 0.29) is 16.3 Å². The molecule has 2 N–H and O–H groups in total. The minimum absolute atomic E-state index is 0.0452. The number of halogens is 1. The van der Waals surface area contributed by atoms with Gasteiger partial charge in [-0.3, -0.25) is 0 Å². The predicted molar refractivity (Wildman–Crippen MR) is 80.0 cm³/mol. The van der Waals surface area contributed by atoms with Crippen LogP contribution in [0.25, 0.3) is 0 Å². The Morgan fingerprint density at radius 3 is 2.48 bits per heavy atom. The van der Waals surface area contributed by atoms with Gasteiger partial charge in [-0.05, 0) is 40.2 Å². The second kappa shape index (κ2) is 5.05. The highest BCUT2D eigenvalue weighted by Gasteiger charge is 2.31. The van der Waals surface area contributed by atoms with Gasteiger partial charge in [-0.25, -0.2) is 17.9 Å². The van der Waals surface area contributed by atoms with E-state index in [9.17, 15) is 13.2 Å². The number of carbonyl (C=O) groups is 1. The Balaban J connectivity index is 2.15. The summed E-state index contributed by atoms with van der Waals surface area (Å²) in [6.45, 7) is 0. The number of benzene rings is 2. The summed E-state index contributed by atoms with van der Waals surface area (Å²) in [6.07, 6.45) is 0. The molecule has 108 valence electrons. The molecule has 0 radical (unpaired) electrons. The highest BCUT2D eigenvalue weighted by Crippen LogP contribution is 2.42. The molecule has 21 heavy (non-hydrogen) atoms. The Bertz CT molecular complexity index is 822. The van der Waals surface area contributed by atoms with E-state index in [0.717, 1.165) is 0 Å². The molecule has 0 unspecified atom stereocenters. The number of urea groups is 1. The Morgan fingerprint density at radius 1 is 1.05 bits per heavy atom. The van der Waals surface area contributed by atoms with Crippen molar-refractivity contribution in [2.45, 2.75) is 4.90 Å². The molecular formula is C13H9BrN2O4S. The number of hydrogen-bond acceptors (Lipinski definition) is 4. The first-order valence-corrected chi connectivity index (χ1v) is 8.14. The normalized spacial score (nSPS) is 15.6. The second-order valence-corrected chi connectivity index (χ2v) is 6.73. The van der Waals surface area contributed by atoms with Crippen LogP contribution >= 0.6 is 15.9 Å². The molecule has 0 spiro atoms. The fourth-order valence-electron chi connectivity index (χ4n) is 1.90. The first-order chi connectivity index (χ1) is 9.97. The number of carbonyl (C=O) groups excluding carboxylic acids is 1. The first-order valence-electron chi connectivity index (χ1n) is 5.86. The van der Waals surface area contributed by atoms with Crippen LogP contribution in [0.1, 0.15) is 0 Å². The van der Waals surface area contributed by atoms with Crippen molar-refractivity contribution in [1.29, 1.82) is 0 Å². The van der Waals surface area contributed by atoms with E-state index in [4.69, 9.17) is 4.74 Å². The zero-order valence-electron chi connectivity index (χ0n) is 10.5. The van der Waals surface area contributed by atoms with Crippen LogP contribution in [0.4, 0.5) is 10.5 Å². The van der Waals surface area contributed by atoms with Gasteiger partial charge in [0.2, 0.25) is 0 Å². The fraction of sp³-hybridized carbons (Fsp3) is 0. The van der Waals surface area contributed by atoms with Crippen molar-refractivity contribution in [3.05, 3.63) is 46.9 Å². The average Bonchev–Trinajstić information content (AvgIpc) is 2.42. The van der Waals surface area contributed by atoms with Crippen molar-refractivity contribution in [3.8, 4) is 11.5 Å². The average molecular weight is 369 g/mol. The van der Waals surface area contributed by atoms with Crippen molar-refractivity contribution < 1.29 is 17.9 Å². The predicted octanol–water partition coefficient (Wildman–Crippen LogP) is 3.07. The van der Waals surface area contributed by atoms with Gasteiger partial charge in [0.25, 0.3) is 10.0 Å². The molecule has 1 heterocycles. The van der Waals surface area contributed by atoms with Crippen LogP contribution < -0.4 is 14.8 Å². The summed E-state index contributed by atoms with van der Waals surface area (Å²) < 4.78 is 32.0. The zero-order chi connectivity index (χ0) is 15.0. The molecule has 8 heteroatoms. The van der Waals surface area contributed by atoms with Gasteiger partial charge in [0.1, 0.15) is 16.3 Å². The van der Waals surface area contributed by atoms with E-state index >= 15 is 0 Å². The standard InChI is InChI=1S/C13H9BrN2O4S/c14-9-6-7-10-11(15-13(17)16-21(10,18)19)12(9)20-8-4-2-1-3-5-8/h1-7H,(H2,15,16,17). The minimum Gasteiger partial charge on any atom is -0.454 e. The summed E-state index contributed by atoms with van der Waals surface area (Å²) in [5, 5.41) is 2.46. The van der Waals surface area contributed by atoms with Gasteiger partial charge in [0.05, 0.1) is 4.47 Å². The lowest BCUT2D eigenvalue weighted by atomic mass is 10.3. The highest BCUT2D eigenvalue weighted by atomic mass is 79.9. The SMILES string of the molecule is O=C1Nc2c(ccc(Br)c2Oc2ccccc2)S(=O)(=O)N1. The Kier molecular flexibility index (Phi) is 3.34. The summed E-state index contributed by atoms with van der Waals surface area (Å²) >= 11 is 3.30. The maximum Gasteiger partial charge on any atom is 0.333 e. The molecule has 2 amide bonds. The number of sulfonamides is 1. The van der Waals surface area contributed by atoms with Crippen molar-refractivity contribution in [1.82, 2.24) is 4.72 Å². The Hall–Kier alpha value is -2.06. The number of rotatable bonds is 2. The summed E-state index contributed by atoms with van der Waals surface area (Å²) in [4.78, 5) is 11.4. The van der Waals surface area contributed by atoms with E-state index in [0.29, 0.717) is 10.2 Å². The summed E-state index contributed by atoms with van der Waals surface area (Å²) in [7, 11) is -3.89. The molecule has 0 saturated carbocycles. The number of anilines is 1. The maximum atomic E-state index is 12.0. The van der Waals surface area contributed by atoms with Crippen molar-refractivity contribution >= 4 is 37.7 Å². The second-order valence-electron chi connectivity index (χ2n) is 4.22. The molecule has 3 rings (SSSR count). The molecule has 1 aliphatic rings. The lowest BCUT2D eigenvalue weighted by Crippen LogP contribution is -2.39. The number of para-hydroxylation sites is 1. The molecule has 0 aromatic heterocycles.